The first-order chi connectivity index (χ1) is 21.5. The van der Waals surface area contributed by atoms with Gasteiger partial charge >= 0.3 is 66.0 Å². The van der Waals surface area contributed by atoms with Gasteiger partial charge in [-0.3, -0.25) is 4.79 Å². The van der Waals surface area contributed by atoms with Crippen LogP contribution in [0.4, 0.5) is 92.2 Å². The normalized spacial score (nSPS) is 15.1. The Morgan fingerprint density at radius 1 is 0.612 bits per heavy atom. The van der Waals surface area contributed by atoms with Crippen molar-refractivity contribution in [3.05, 3.63) is 29.8 Å². The lowest BCUT2D eigenvalue weighted by Crippen LogP contribution is -2.60. The van der Waals surface area contributed by atoms with Crippen molar-refractivity contribution >= 4 is 17.8 Å². The first-order valence-electron chi connectivity index (χ1n) is 11.8. The van der Waals surface area contributed by atoms with Crippen LogP contribution in [0.25, 0.3) is 0 Å². The minimum absolute atomic E-state index is 0.134. The lowest BCUT2D eigenvalue weighted by Gasteiger charge is -2.34. The van der Waals surface area contributed by atoms with Crippen LogP contribution in [0.2, 0.25) is 0 Å². The summed E-state index contributed by atoms with van der Waals surface area (Å²) in [6.07, 6.45) is -25.0. The number of benzene rings is 1. The Morgan fingerprint density at radius 3 is 1.39 bits per heavy atom. The van der Waals surface area contributed by atoms with Gasteiger partial charge in [0.1, 0.15) is 11.9 Å². The van der Waals surface area contributed by atoms with Crippen molar-refractivity contribution in [2.24, 2.45) is 0 Å². The molecule has 1 rings (SSSR count). The zero-order chi connectivity index (χ0) is 39.2. The fourth-order valence-electron chi connectivity index (χ4n) is 3.04. The molecule has 282 valence electrons. The third-order valence-corrected chi connectivity index (χ3v) is 5.78. The predicted octanol–water partition coefficient (Wildman–Crippen LogP) is 7.52. The Balaban J connectivity index is 3.77. The summed E-state index contributed by atoms with van der Waals surface area (Å²) in [6, 6.07) is 0.304. The molecule has 0 fully saturated rings. The summed E-state index contributed by atoms with van der Waals surface area (Å²) in [4.78, 5) is 34.4. The maximum Gasteiger partial charge on any atom is 0.460 e. The summed E-state index contributed by atoms with van der Waals surface area (Å²) < 4.78 is 283. The van der Waals surface area contributed by atoms with Crippen LogP contribution in [0, 0.1) is 0 Å². The van der Waals surface area contributed by atoms with Crippen LogP contribution in [-0.4, -0.2) is 89.9 Å². The second-order valence-corrected chi connectivity index (χ2v) is 9.14. The second-order valence-electron chi connectivity index (χ2n) is 9.14. The highest BCUT2D eigenvalue weighted by Crippen LogP contribution is 2.50. The Bertz CT molecular complexity index is 1380. The van der Waals surface area contributed by atoms with Crippen LogP contribution < -0.4 is 4.74 Å². The van der Waals surface area contributed by atoms with E-state index in [0.717, 1.165) is 0 Å². The van der Waals surface area contributed by atoms with Gasteiger partial charge in [0, 0.05) is 6.54 Å². The largest absolute Gasteiger partial charge is 0.460 e. The number of hydrogen-bond donors (Lipinski definition) is 0. The van der Waals surface area contributed by atoms with E-state index >= 15 is 0 Å². The van der Waals surface area contributed by atoms with Crippen LogP contribution in [0.1, 0.15) is 18.6 Å². The van der Waals surface area contributed by atoms with Gasteiger partial charge in [-0.2, -0.15) is 92.2 Å². The molecule has 1 aromatic carbocycles. The average Bonchev–Trinajstić information content (AvgIpc) is 2.92. The molecule has 0 N–H and O–H groups in total. The lowest BCUT2D eigenvalue weighted by atomic mass is 10.1. The Labute approximate surface area is 255 Å². The average molecular weight is 769 g/mol. The Morgan fingerprint density at radius 2 is 1.00 bits per heavy atom. The molecule has 0 spiro atoms. The van der Waals surface area contributed by atoms with Gasteiger partial charge in [0.05, 0.1) is 6.54 Å². The summed E-state index contributed by atoms with van der Waals surface area (Å²) in [7, 11) is 0. The first-order valence-corrected chi connectivity index (χ1v) is 11.8. The SMILES string of the molecule is CCN(CC(OC(=O)C(F)(F)C(F)(F)C(F)(F)F)c1cccc(OC(=O)C(F)(F)C(F)(F)C(F)(F)F)c1)C(=O)C(F)(F)C(F)(F)C(F)(F)F. The number of hydrogen-bond acceptors (Lipinski definition) is 5. The van der Waals surface area contributed by atoms with Crippen LogP contribution >= 0.6 is 0 Å². The van der Waals surface area contributed by atoms with Gasteiger partial charge in [-0.1, -0.05) is 12.1 Å². The molecule has 1 unspecified atom stereocenters. The fraction of sp³-hybridized carbons (Fsp3) is 0.591. The monoisotopic (exact) mass is 769 g/mol. The molecule has 1 aromatic rings. The fourth-order valence-corrected chi connectivity index (χ4v) is 3.04. The second kappa shape index (κ2) is 13.1. The van der Waals surface area contributed by atoms with Gasteiger partial charge in [0.15, 0.2) is 0 Å². The van der Waals surface area contributed by atoms with Crippen LogP contribution in [0.15, 0.2) is 24.3 Å². The van der Waals surface area contributed by atoms with E-state index in [0.29, 0.717) is 6.92 Å². The highest BCUT2D eigenvalue weighted by atomic mass is 19.4. The topological polar surface area (TPSA) is 72.9 Å². The zero-order valence-electron chi connectivity index (χ0n) is 22.7. The van der Waals surface area contributed by atoms with Gasteiger partial charge in [0.2, 0.25) is 0 Å². The zero-order valence-corrected chi connectivity index (χ0v) is 22.7. The molecule has 6 nitrogen and oxygen atoms in total. The van der Waals surface area contributed by atoms with Crippen molar-refractivity contribution in [1.82, 2.24) is 4.90 Å². The van der Waals surface area contributed by atoms with Crippen LogP contribution in [0.3, 0.4) is 0 Å². The summed E-state index contributed by atoms with van der Waals surface area (Å²) >= 11 is 0. The van der Waals surface area contributed by atoms with Crippen molar-refractivity contribution < 1.29 is 116 Å². The molecule has 49 heavy (non-hydrogen) atoms. The number of nitrogens with zero attached hydrogens (tertiary/aromatic N) is 1. The molecule has 27 heteroatoms. The molecule has 0 bridgehead atoms. The molecule has 0 heterocycles. The van der Waals surface area contributed by atoms with E-state index in [-0.39, 0.29) is 24.3 Å². The number of alkyl halides is 21. The quantitative estimate of drug-likeness (QED) is 0.125. The molecule has 0 saturated heterocycles. The number of esters is 2. The van der Waals surface area contributed by atoms with Gasteiger partial charge in [-0.25, -0.2) is 9.59 Å². The van der Waals surface area contributed by atoms with Gasteiger partial charge < -0.3 is 14.4 Å². The number of halogens is 21. The Kier molecular flexibility index (Phi) is 11.6. The van der Waals surface area contributed by atoms with Crippen LogP contribution in [-0.2, 0) is 19.1 Å². The highest BCUT2D eigenvalue weighted by Gasteiger charge is 2.79. The molecule has 0 saturated carbocycles. The van der Waals surface area contributed by atoms with Crippen molar-refractivity contribution in [2.45, 2.75) is 67.1 Å². The molecule has 1 amide bonds. The number of amides is 1. The number of rotatable bonds is 12. The third kappa shape index (κ3) is 7.82. The summed E-state index contributed by atoms with van der Waals surface area (Å²) in [5.41, 5.74) is -1.51. The highest BCUT2D eigenvalue weighted by molar-refractivity contribution is 5.85. The van der Waals surface area contributed by atoms with Gasteiger partial charge in [0.25, 0.3) is 5.91 Å². The number of carbonyl (C=O) groups is 3. The van der Waals surface area contributed by atoms with Crippen molar-refractivity contribution in [1.29, 1.82) is 0 Å². The van der Waals surface area contributed by atoms with E-state index in [9.17, 15) is 107 Å². The molecule has 0 aliphatic rings. The molecular formula is C22H12F21NO5. The predicted molar refractivity (Wildman–Crippen MR) is 111 cm³/mol. The maximum absolute atomic E-state index is 14.0. The molecule has 0 aliphatic carbocycles. The maximum atomic E-state index is 14.0. The van der Waals surface area contributed by atoms with Crippen LogP contribution in [0.5, 0.6) is 5.75 Å². The van der Waals surface area contributed by atoms with E-state index in [2.05, 4.69) is 9.47 Å². The number of carbonyl (C=O) groups excluding carboxylic acids is 3. The van der Waals surface area contributed by atoms with Crippen molar-refractivity contribution in [2.75, 3.05) is 13.1 Å². The lowest BCUT2D eigenvalue weighted by molar-refractivity contribution is -0.349. The van der Waals surface area contributed by atoms with E-state index in [1.807, 2.05) is 0 Å². The standard InChI is InChI=1S/C22H12F21NO5/c1-2-44(11(45)14(23,24)17(29,30)20(35,36)37)7-10(49-13(47)16(27,28)19(33,34)22(41,42)43)8-4-3-5-9(6-8)48-12(46)15(25,26)18(31,32)21(38,39)40/h3-6,10H,2,7H2,1H3. The van der Waals surface area contributed by atoms with Crippen molar-refractivity contribution in [3.8, 4) is 5.75 Å². The molecule has 0 aromatic heterocycles. The van der Waals surface area contributed by atoms with Crippen molar-refractivity contribution in [3.63, 3.8) is 0 Å². The summed E-state index contributed by atoms with van der Waals surface area (Å²) in [6.45, 7) is -3.40. The van der Waals surface area contributed by atoms with E-state index in [4.69, 9.17) is 0 Å². The molecular weight excluding hydrogens is 757 g/mol. The minimum Gasteiger partial charge on any atom is -0.451 e. The van der Waals surface area contributed by atoms with E-state index in [1.54, 1.807) is 0 Å². The number of likely N-dealkylation sites (N-methyl/N-ethyl adjacent to an activating group) is 1. The molecule has 0 radical (unpaired) electrons. The van der Waals surface area contributed by atoms with Gasteiger partial charge in [-0.15, -0.1) is 0 Å². The van der Waals surface area contributed by atoms with Gasteiger partial charge in [-0.05, 0) is 24.6 Å². The summed E-state index contributed by atoms with van der Waals surface area (Å²) in [5, 5.41) is 0. The third-order valence-electron chi connectivity index (χ3n) is 5.78. The Hall–Kier alpha value is -3.84. The molecule has 1 atom stereocenters. The smallest absolute Gasteiger partial charge is 0.451 e. The minimum atomic E-state index is -7.35. The van der Waals surface area contributed by atoms with E-state index in [1.165, 1.54) is 0 Å². The molecule has 0 aliphatic heterocycles. The van der Waals surface area contributed by atoms with E-state index < -0.39 is 107 Å². The first kappa shape index (κ1) is 43.2. The summed E-state index contributed by atoms with van der Waals surface area (Å²) in [5.74, 6) is -55.5. The number of ether oxygens (including phenoxy) is 2.